The number of rotatable bonds is 9. The molecule has 136 valence electrons. The predicted octanol–water partition coefficient (Wildman–Crippen LogP) is 1.72. The van der Waals surface area contributed by atoms with E-state index in [0.717, 1.165) is 11.5 Å². The van der Waals surface area contributed by atoms with Gasteiger partial charge in [0, 0.05) is 5.92 Å². The molecule has 0 spiro atoms. The van der Waals surface area contributed by atoms with Crippen LogP contribution in [0.15, 0.2) is 18.2 Å². The molecule has 1 aromatic rings. The monoisotopic (exact) mass is 338 g/mol. The number of methoxy groups -OCH3 is 2. The number of aliphatic hydroxyl groups excluding tert-OH is 1. The van der Waals surface area contributed by atoms with Gasteiger partial charge in [0.25, 0.3) is 0 Å². The molecular formula is C19H32NO4+. The minimum absolute atomic E-state index is 0.353. The lowest BCUT2D eigenvalue weighted by Gasteiger charge is -2.27. The van der Waals surface area contributed by atoms with Gasteiger partial charge in [0.05, 0.1) is 33.5 Å². The van der Waals surface area contributed by atoms with Crippen LogP contribution in [0, 0.1) is 5.92 Å². The summed E-state index contributed by atoms with van der Waals surface area (Å²) in [5.41, 5.74) is 1.00. The minimum Gasteiger partial charge on any atom is -0.493 e. The summed E-state index contributed by atoms with van der Waals surface area (Å²) < 4.78 is 16.2. The summed E-state index contributed by atoms with van der Waals surface area (Å²) >= 11 is 0. The highest BCUT2D eigenvalue weighted by molar-refractivity contribution is 5.42. The number of nitrogens with two attached hydrogens (primary N) is 1. The molecule has 0 bridgehead atoms. The second-order valence-electron chi connectivity index (χ2n) is 6.76. The SMILES string of the molecule is COc1ccc(COC[C@@H](O)C[NH2+][C@H]2CCCC[C@@H]2C)cc1OC. The number of quaternary nitrogens is 1. The second kappa shape index (κ2) is 9.87. The molecule has 3 atom stereocenters. The molecule has 1 fully saturated rings. The Balaban J connectivity index is 1.69. The summed E-state index contributed by atoms with van der Waals surface area (Å²) in [6.07, 6.45) is 4.81. The molecule has 5 nitrogen and oxygen atoms in total. The van der Waals surface area contributed by atoms with Crippen LogP contribution in [-0.2, 0) is 11.3 Å². The fourth-order valence-electron chi connectivity index (χ4n) is 3.38. The van der Waals surface area contributed by atoms with E-state index < -0.39 is 6.10 Å². The predicted molar refractivity (Wildman–Crippen MR) is 93.4 cm³/mol. The van der Waals surface area contributed by atoms with Gasteiger partial charge in [0.15, 0.2) is 11.5 Å². The third kappa shape index (κ3) is 5.65. The first-order valence-corrected chi connectivity index (χ1v) is 8.94. The maximum atomic E-state index is 10.1. The van der Waals surface area contributed by atoms with Crippen molar-refractivity contribution >= 4 is 0 Å². The summed E-state index contributed by atoms with van der Waals surface area (Å²) in [5.74, 6) is 2.15. The fourth-order valence-corrected chi connectivity index (χ4v) is 3.38. The molecular weight excluding hydrogens is 306 g/mol. The zero-order valence-electron chi connectivity index (χ0n) is 15.2. The van der Waals surface area contributed by atoms with Crippen molar-refractivity contribution in [3.63, 3.8) is 0 Å². The minimum atomic E-state index is -0.431. The van der Waals surface area contributed by atoms with E-state index in [2.05, 4.69) is 12.2 Å². The van der Waals surface area contributed by atoms with E-state index in [1.165, 1.54) is 25.7 Å². The van der Waals surface area contributed by atoms with Crippen LogP contribution in [0.2, 0.25) is 0 Å². The Morgan fingerprint density at radius 1 is 1.17 bits per heavy atom. The van der Waals surface area contributed by atoms with Gasteiger partial charge in [0.1, 0.15) is 12.6 Å². The number of ether oxygens (including phenoxy) is 3. The van der Waals surface area contributed by atoms with E-state index in [1.807, 2.05) is 18.2 Å². The Morgan fingerprint density at radius 2 is 1.92 bits per heavy atom. The second-order valence-corrected chi connectivity index (χ2v) is 6.76. The van der Waals surface area contributed by atoms with Crippen LogP contribution in [0.1, 0.15) is 38.2 Å². The molecule has 0 unspecified atom stereocenters. The van der Waals surface area contributed by atoms with Gasteiger partial charge >= 0.3 is 0 Å². The standard InChI is InChI=1S/C19H31NO4/c1-14-6-4-5-7-17(14)20-11-16(21)13-24-12-15-8-9-18(22-2)19(10-15)23-3/h8-10,14,16-17,20-21H,4-7,11-13H2,1-3H3/p+1/t14-,16-,17-/m0/s1. The molecule has 1 aliphatic carbocycles. The van der Waals surface area contributed by atoms with Gasteiger partial charge in [-0.15, -0.1) is 0 Å². The van der Waals surface area contributed by atoms with Crippen molar-refractivity contribution in [2.24, 2.45) is 5.92 Å². The van der Waals surface area contributed by atoms with Crippen molar-refractivity contribution < 1.29 is 24.6 Å². The van der Waals surface area contributed by atoms with Gasteiger partial charge in [-0.25, -0.2) is 0 Å². The molecule has 0 aliphatic heterocycles. The molecule has 0 amide bonds. The molecule has 1 saturated carbocycles. The summed E-state index contributed by atoms with van der Waals surface area (Å²) in [6.45, 7) is 3.84. The van der Waals surface area contributed by atoms with Crippen molar-refractivity contribution in [1.82, 2.24) is 0 Å². The molecule has 1 aliphatic rings. The molecule has 1 aromatic carbocycles. The van der Waals surface area contributed by atoms with Gasteiger partial charge in [-0.05, 0) is 37.0 Å². The Morgan fingerprint density at radius 3 is 2.62 bits per heavy atom. The van der Waals surface area contributed by atoms with Gasteiger partial charge in [-0.3, -0.25) is 0 Å². The quantitative estimate of drug-likeness (QED) is 0.720. The van der Waals surface area contributed by atoms with E-state index in [0.29, 0.717) is 37.3 Å². The molecule has 0 radical (unpaired) electrons. The zero-order chi connectivity index (χ0) is 17.4. The van der Waals surface area contributed by atoms with Crippen LogP contribution in [0.4, 0.5) is 0 Å². The maximum Gasteiger partial charge on any atom is 0.161 e. The molecule has 3 N–H and O–H groups in total. The molecule has 0 aromatic heterocycles. The number of hydrogen-bond acceptors (Lipinski definition) is 4. The Bertz CT molecular complexity index is 494. The van der Waals surface area contributed by atoms with Crippen molar-refractivity contribution in [3.8, 4) is 11.5 Å². The normalized spacial score (nSPS) is 22.2. The summed E-state index contributed by atoms with van der Waals surface area (Å²) in [4.78, 5) is 0. The van der Waals surface area contributed by atoms with E-state index in [1.54, 1.807) is 14.2 Å². The van der Waals surface area contributed by atoms with Crippen molar-refractivity contribution in [2.45, 2.75) is 51.4 Å². The van der Waals surface area contributed by atoms with Gasteiger partial charge in [0.2, 0.25) is 0 Å². The van der Waals surface area contributed by atoms with Crippen LogP contribution in [0.5, 0.6) is 11.5 Å². The van der Waals surface area contributed by atoms with Crippen molar-refractivity contribution in [3.05, 3.63) is 23.8 Å². The smallest absolute Gasteiger partial charge is 0.161 e. The van der Waals surface area contributed by atoms with E-state index in [4.69, 9.17) is 14.2 Å². The average Bonchev–Trinajstić information content (AvgIpc) is 2.61. The first-order valence-electron chi connectivity index (χ1n) is 8.94. The zero-order valence-corrected chi connectivity index (χ0v) is 15.2. The highest BCUT2D eigenvalue weighted by atomic mass is 16.5. The Kier molecular flexibility index (Phi) is 7.82. The van der Waals surface area contributed by atoms with Crippen LogP contribution in [0.3, 0.4) is 0 Å². The summed E-state index contributed by atoms with van der Waals surface area (Å²) in [7, 11) is 3.24. The van der Waals surface area contributed by atoms with Crippen LogP contribution >= 0.6 is 0 Å². The van der Waals surface area contributed by atoms with Gasteiger partial charge in [-0.1, -0.05) is 19.4 Å². The topological polar surface area (TPSA) is 64.5 Å². The largest absolute Gasteiger partial charge is 0.493 e. The van der Waals surface area contributed by atoms with Crippen LogP contribution in [0.25, 0.3) is 0 Å². The van der Waals surface area contributed by atoms with E-state index in [9.17, 15) is 5.11 Å². The van der Waals surface area contributed by atoms with Crippen molar-refractivity contribution in [2.75, 3.05) is 27.4 Å². The Hall–Kier alpha value is -1.30. The average molecular weight is 338 g/mol. The molecule has 5 heteroatoms. The maximum absolute atomic E-state index is 10.1. The summed E-state index contributed by atoms with van der Waals surface area (Å²) in [6, 6.07) is 6.37. The summed E-state index contributed by atoms with van der Waals surface area (Å²) in [5, 5.41) is 12.4. The third-order valence-corrected chi connectivity index (χ3v) is 4.92. The van der Waals surface area contributed by atoms with E-state index >= 15 is 0 Å². The number of aliphatic hydroxyl groups is 1. The number of hydrogen-bond donors (Lipinski definition) is 2. The van der Waals surface area contributed by atoms with Gasteiger partial charge < -0.3 is 24.6 Å². The lowest BCUT2D eigenvalue weighted by Crippen LogP contribution is -2.93. The third-order valence-electron chi connectivity index (χ3n) is 4.92. The molecule has 24 heavy (non-hydrogen) atoms. The lowest BCUT2D eigenvalue weighted by atomic mass is 9.86. The lowest BCUT2D eigenvalue weighted by molar-refractivity contribution is -0.703. The Labute approximate surface area is 145 Å². The number of benzene rings is 1. The molecule has 0 heterocycles. The van der Waals surface area contributed by atoms with E-state index in [-0.39, 0.29) is 0 Å². The first kappa shape index (κ1) is 19.0. The molecule has 2 rings (SSSR count). The van der Waals surface area contributed by atoms with Crippen LogP contribution < -0.4 is 14.8 Å². The fraction of sp³-hybridized carbons (Fsp3) is 0.684. The highest BCUT2D eigenvalue weighted by Crippen LogP contribution is 2.27. The highest BCUT2D eigenvalue weighted by Gasteiger charge is 2.24. The van der Waals surface area contributed by atoms with Crippen molar-refractivity contribution in [1.29, 1.82) is 0 Å². The van der Waals surface area contributed by atoms with Crippen LogP contribution in [-0.4, -0.2) is 44.6 Å². The van der Waals surface area contributed by atoms with Gasteiger partial charge in [-0.2, -0.15) is 0 Å². The molecule has 0 saturated heterocycles. The first-order chi connectivity index (χ1) is 11.6.